The number of ether oxygens (including phenoxy) is 4. The lowest BCUT2D eigenvalue weighted by molar-refractivity contribution is -0.861. The summed E-state index contributed by atoms with van der Waals surface area (Å²) in [6, 6.07) is 0. The van der Waals surface area contributed by atoms with Gasteiger partial charge in [0.05, 0.1) is 52.7 Å². The van der Waals surface area contributed by atoms with E-state index in [-0.39, 0.29) is 37.6 Å². The van der Waals surface area contributed by atoms with E-state index in [1.807, 2.05) is 14.1 Å². The fraction of sp³-hybridized carbons (Fsp3) is 1.00. The van der Waals surface area contributed by atoms with Crippen molar-refractivity contribution in [2.45, 2.75) is 37.6 Å². The van der Waals surface area contributed by atoms with E-state index < -0.39 is 24.6 Å². The van der Waals surface area contributed by atoms with Crippen molar-refractivity contribution in [1.82, 2.24) is 0 Å². The largest absolute Gasteiger partial charge is 1.00 e. The summed E-state index contributed by atoms with van der Waals surface area (Å²) in [7, 11) is 5.36. The van der Waals surface area contributed by atoms with Crippen LogP contribution in [0.4, 0.5) is 0 Å². The van der Waals surface area contributed by atoms with Crippen molar-refractivity contribution >= 4 is 0 Å². The van der Waals surface area contributed by atoms with Crippen LogP contribution in [0.5, 0.6) is 0 Å². The molecule has 0 bridgehead atoms. The Balaban J connectivity index is 0.00000529. The Kier molecular flexibility index (Phi) is 12.3. The minimum atomic E-state index is -1.06. The minimum Gasteiger partial charge on any atom is -1.00 e. The van der Waals surface area contributed by atoms with Crippen molar-refractivity contribution in [2.24, 2.45) is 5.92 Å². The van der Waals surface area contributed by atoms with Gasteiger partial charge in [0.1, 0.15) is 18.8 Å². The summed E-state index contributed by atoms with van der Waals surface area (Å²) in [6.45, 7) is 3.72. The predicted octanol–water partition coefficient (Wildman–Crippen LogP) is -5.74. The highest BCUT2D eigenvalue weighted by Crippen LogP contribution is 2.26. The fourth-order valence-electron chi connectivity index (χ4n) is 2.52. The summed E-state index contributed by atoms with van der Waals surface area (Å²) >= 11 is 0. The van der Waals surface area contributed by atoms with Crippen LogP contribution in [0.25, 0.3) is 0 Å². The third-order valence-electron chi connectivity index (χ3n) is 3.90. The maximum absolute atomic E-state index is 9.97. The second kappa shape index (κ2) is 12.3. The molecule has 8 nitrogen and oxygen atoms in total. The first-order valence-electron chi connectivity index (χ1n) is 8.03. The fourth-order valence-corrected chi connectivity index (χ4v) is 2.52. The van der Waals surface area contributed by atoms with Crippen LogP contribution in [0.2, 0.25) is 0 Å². The smallest absolute Gasteiger partial charge is 0.186 e. The zero-order chi connectivity index (χ0) is 17.4. The molecule has 24 heavy (non-hydrogen) atoms. The number of rotatable bonds is 10. The summed E-state index contributed by atoms with van der Waals surface area (Å²) in [5.74, 6) is -0.262. The standard InChI is InChI=1S/C15H31NO7.ClH/c1-10-12(23-15(20-4)14(19)13(10)18)9-22-6-5-21-8-11(17)7-16(2)3;/h10-15,17-19H,5-9H2,1-4H3;1H/t10?,11?,12?,13-,14+,15+;/m0./s1. The summed E-state index contributed by atoms with van der Waals surface area (Å²) in [5, 5.41) is 29.4. The van der Waals surface area contributed by atoms with Crippen molar-refractivity contribution in [3.63, 3.8) is 0 Å². The van der Waals surface area contributed by atoms with Crippen LogP contribution in [0.3, 0.4) is 0 Å². The molecule has 1 aliphatic rings. The Morgan fingerprint density at radius 2 is 1.75 bits per heavy atom. The summed E-state index contributed by atoms with van der Waals surface area (Å²) in [6.07, 6.45) is -3.67. The van der Waals surface area contributed by atoms with Gasteiger partial charge >= 0.3 is 0 Å². The number of nitrogens with one attached hydrogen (secondary N) is 1. The summed E-state index contributed by atoms with van der Waals surface area (Å²) in [5.41, 5.74) is 0. The first kappa shape index (κ1) is 24.0. The van der Waals surface area contributed by atoms with Crippen LogP contribution < -0.4 is 17.3 Å². The molecule has 1 aliphatic heterocycles. The average Bonchev–Trinajstić information content (AvgIpc) is 2.49. The Morgan fingerprint density at radius 3 is 2.33 bits per heavy atom. The van der Waals surface area contributed by atoms with Crippen LogP contribution in [-0.4, -0.2) is 100 Å². The highest BCUT2D eigenvalue weighted by Gasteiger charge is 2.42. The normalized spacial score (nSPS) is 31.8. The van der Waals surface area contributed by atoms with E-state index in [9.17, 15) is 15.3 Å². The van der Waals surface area contributed by atoms with Crippen molar-refractivity contribution in [3.05, 3.63) is 0 Å². The number of aliphatic hydroxyl groups excluding tert-OH is 3. The van der Waals surface area contributed by atoms with Gasteiger partial charge in [-0.05, 0) is 0 Å². The maximum Gasteiger partial charge on any atom is 0.186 e. The highest BCUT2D eigenvalue weighted by atomic mass is 35.5. The van der Waals surface area contributed by atoms with Gasteiger partial charge in [0, 0.05) is 13.0 Å². The topological polar surface area (TPSA) is 102 Å². The number of halogens is 1. The lowest BCUT2D eigenvalue weighted by Gasteiger charge is -2.40. The summed E-state index contributed by atoms with van der Waals surface area (Å²) < 4.78 is 21.4. The van der Waals surface area contributed by atoms with E-state index in [4.69, 9.17) is 18.9 Å². The van der Waals surface area contributed by atoms with Crippen molar-refractivity contribution in [1.29, 1.82) is 0 Å². The van der Waals surface area contributed by atoms with Crippen molar-refractivity contribution in [2.75, 3.05) is 54.2 Å². The molecule has 9 heteroatoms. The van der Waals surface area contributed by atoms with Gasteiger partial charge in [-0.15, -0.1) is 0 Å². The second-order valence-corrected chi connectivity index (χ2v) is 6.33. The van der Waals surface area contributed by atoms with E-state index in [0.717, 1.165) is 4.90 Å². The van der Waals surface area contributed by atoms with Crippen LogP contribution >= 0.6 is 0 Å². The Bertz CT molecular complexity index is 322. The molecule has 0 saturated carbocycles. The van der Waals surface area contributed by atoms with Gasteiger partial charge in [0.2, 0.25) is 0 Å². The SMILES string of the molecule is CO[C@@H]1OC(COCCOCC(O)C[NH+](C)C)C(C)[C@H](O)[C@H]1O.[Cl-]. The molecule has 1 saturated heterocycles. The average molecular weight is 374 g/mol. The van der Waals surface area contributed by atoms with Crippen LogP contribution in [0.1, 0.15) is 6.92 Å². The first-order valence-corrected chi connectivity index (χ1v) is 8.03. The van der Waals surface area contributed by atoms with Gasteiger partial charge < -0.3 is 51.6 Å². The molecular weight excluding hydrogens is 342 g/mol. The molecule has 1 heterocycles. The molecular formula is C15H32ClNO7. The summed E-state index contributed by atoms with van der Waals surface area (Å²) in [4.78, 5) is 1.16. The Labute approximate surface area is 150 Å². The molecule has 6 atom stereocenters. The molecule has 4 N–H and O–H groups in total. The van der Waals surface area contributed by atoms with E-state index in [1.54, 1.807) is 6.92 Å². The molecule has 146 valence electrons. The van der Waals surface area contributed by atoms with Crippen LogP contribution in [0.15, 0.2) is 0 Å². The molecule has 0 aromatic carbocycles. The Morgan fingerprint density at radius 1 is 1.12 bits per heavy atom. The Hall–Kier alpha value is -0.0300. The molecule has 1 rings (SSSR count). The zero-order valence-corrected chi connectivity index (χ0v) is 15.6. The van der Waals surface area contributed by atoms with Crippen molar-refractivity contribution in [3.8, 4) is 0 Å². The molecule has 0 amide bonds. The van der Waals surface area contributed by atoms with Gasteiger partial charge in [-0.2, -0.15) is 0 Å². The van der Waals surface area contributed by atoms with Crippen molar-refractivity contribution < 1.29 is 51.6 Å². The highest BCUT2D eigenvalue weighted by molar-refractivity contribution is 4.86. The third kappa shape index (κ3) is 7.90. The minimum absolute atomic E-state index is 0. The predicted molar refractivity (Wildman–Crippen MR) is 82.2 cm³/mol. The maximum atomic E-state index is 9.97. The first-order chi connectivity index (χ1) is 10.9. The van der Waals surface area contributed by atoms with E-state index in [0.29, 0.717) is 19.8 Å². The number of aliphatic hydroxyl groups is 3. The molecule has 0 aromatic rings. The molecule has 1 fully saturated rings. The van der Waals surface area contributed by atoms with Gasteiger partial charge in [-0.1, -0.05) is 6.92 Å². The third-order valence-corrected chi connectivity index (χ3v) is 3.90. The molecule has 0 aliphatic carbocycles. The number of hydrogen-bond donors (Lipinski definition) is 4. The van der Waals surface area contributed by atoms with Gasteiger partial charge in [-0.25, -0.2) is 0 Å². The number of likely N-dealkylation sites (N-methyl/N-ethyl adjacent to an activating group) is 1. The second-order valence-electron chi connectivity index (χ2n) is 6.33. The molecule has 3 unspecified atom stereocenters. The number of quaternary nitrogens is 1. The van der Waals surface area contributed by atoms with E-state index in [1.165, 1.54) is 7.11 Å². The lowest BCUT2D eigenvalue weighted by Crippen LogP contribution is -3.07. The van der Waals surface area contributed by atoms with E-state index >= 15 is 0 Å². The molecule has 0 spiro atoms. The van der Waals surface area contributed by atoms with Gasteiger partial charge in [0.25, 0.3) is 0 Å². The van der Waals surface area contributed by atoms with Gasteiger partial charge in [-0.3, -0.25) is 0 Å². The lowest BCUT2D eigenvalue weighted by atomic mass is 9.91. The molecule has 0 aromatic heterocycles. The quantitative estimate of drug-likeness (QED) is 0.283. The van der Waals surface area contributed by atoms with Gasteiger partial charge in [0.15, 0.2) is 6.29 Å². The molecule has 0 radical (unpaired) electrons. The number of methoxy groups -OCH3 is 1. The zero-order valence-electron chi connectivity index (χ0n) is 14.9. The van der Waals surface area contributed by atoms with E-state index in [2.05, 4.69) is 0 Å². The van der Waals surface area contributed by atoms with Crippen LogP contribution in [-0.2, 0) is 18.9 Å². The monoisotopic (exact) mass is 373 g/mol. The number of hydrogen-bond acceptors (Lipinski definition) is 7. The van der Waals surface area contributed by atoms with Crippen LogP contribution in [0, 0.1) is 5.92 Å².